The highest BCUT2D eigenvalue weighted by molar-refractivity contribution is 6.34. The lowest BCUT2D eigenvalue weighted by Gasteiger charge is -2.24. The predicted molar refractivity (Wildman–Crippen MR) is 133 cm³/mol. The maximum absolute atomic E-state index is 13.2. The van der Waals surface area contributed by atoms with Crippen molar-refractivity contribution in [1.82, 2.24) is 0 Å². The predicted octanol–water partition coefficient (Wildman–Crippen LogP) is 5.08. The largest absolute Gasteiger partial charge is 0.478 e. The van der Waals surface area contributed by atoms with E-state index in [2.05, 4.69) is 5.32 Å². The van der Waals surface area contributed by atoms with Crippen LogP contribution in [0, 0.1) is 13.8 Å². The fourth-order valence-corrected chi connectivity index (χ4v) is 3.56. The quantitative estimate of drug-likeness (QED) is 0.390. The number of carbonyl (C=O) groups excluding carboxylic acids is 3. The molecule has 0 aliphatic carbocycles. The lowest BCUT2D eigenvalue weighted by atomic mass is 10.1. The number of benzene rings is 3. The third kappa shape index (κ3) is 6.41. The Bertz CT molecular complexity index is 1330. The van der Waals surface area contributed by atoms with Crippen molar-refractivity contribution in [1.29, 1.82) is 0 Å². The number of hydrogen-bond acceptors (Lipinski definition) is 6. The first-order valence-corrected chi connectivity index (χ1v) is 11.4. The van der Waals surface area contributed by atoms with Gasteiger partial charge in [-0.3, -0.25) is 4.79 Å². The van der Waals surface area contributed by atoms with Gasteiger partial charge in [-0.15, -0.1) is 0 Å². The molecule has 3 aromatic rings. The van der Waals surface area contributed by atoms with E-state index in [0.717, 1.165) is 11.1 Å². The Morgan fingerprint density at radius 2 is 1.25 bits per heavy atom. The molecule has 3 rings (SSSR count). The summed E-state index contributed by atoms with van der Waals surface area (Å²) in [5.74, 6) is -4.95. The van der Waals surface area contributed by atoms with E-state index < -0.39 is 36.0 Å². The maximum Gasteiger partial charge on any atom is 0.349 e. The molecule has 10 heteroatoms. The van der Waals surface area contributed by atoms with Crippen molar-refractivity contribution in [3.8, 4) is 0 Å². The van der Waals surface area contributed by atoms with Crippen LogP contribution in [-0.2, 0) is 19.1 Å². The van der Waals surface area contributed by atoms with Crippen LogP contribution < -0.4 is 5.32 Å². The van der Waals surface area contributed by atoms with Gasteiger partial charge in [-0.25, -0.2) is 14.4 Å². The topological polar surface area (TPSA) is 119 Å². The van der Waals surface area contributed by atoms with Gasteiger partial charge in [0, 0.05) is 5.69 Å². The lowest BCUT2D eigenvalue weighted by Crippen LogP contribution is -2.48. The monoisotopic (exact) mass is 529 g/mol. The van der Waals surface area contributed by atoms with Gasteiger partial charge in [0.2, 0.25) is 12.2 Å². The third-order valence-electron chi connectivity index (χ3n) is 5.21. The minimum absolute atomic E-state index is 0.0100. The number of carboxylic acids is 1. The molecular weight excluding hydrogens is 509 g/mol. The Hall–Kier alpha value is -3.88. The Kier molecular flexibility index (Phi) is 8.68. The van der Waals surface area contributed by atoms with E-state index in [9.17, 15) is 24.3 Å². The number of rotatable bonds is 8. The number of halogens is 2. The van der Waals surface area contributed by atoms with E-state index >= 15 is 0 Å². The zero-order valence-corrected chi connectivity index (χ0v) is 20.7. The molecule has 0 aliphatic rings. The number of ether oxygens (including phenoxy) is 2. The summed E-state index contributed by atoms with van der Waals surface area (Å²) in [6, 6.07) is 16.7. The smallest absolute Gasteiger partial charge is 0.349 e. The number of esters is 2. The molecule has 0 aromatic heterocycles. The number of carbonyl (C=O) groups is 4. The minimum Gasteiger partial charge on any atom is -0.478 e. The van der Waals surface area contributed by atoms with Gasteiger partial charge in [0.15, 0.2) is 0 Å². The van der Waals surface area contributed by atoms with Crippen LogP contribution in [0.4, 0.5) is 5.69 Å². The summed E-state index contributed by atoms with van der Waals surface area (Å²) in [5, 5.41) is 12.4. The Morgan fingerprint density at radius 1 is 0.750 bits per heavy atom. The van der Waals surface area contributed by atoms with Gasteiger partial charge < -0.3 is 19.9 Å². The summed E-state index contributed by atoms with van der Waals surface area (Å²) < 4.78 is 10.4. The molecular formula is C26H21Cl2NO7. The normalized spacial score (nSPS) is 12.2. The van der Waals surface area contributed by atoms with Crippen molar-refractivity contribution in [2.24, 2.45) is 0 Å². The zero-order chi connectivity index (χ0) is 26.4. The molecule has 0 saturated heterocycles. The molecule has 8 nitrogen and oxygen atoms in total. The van der Waals surface area contributed by atoms with Crippen molar-refractivity contribution in [2.75, 3.05) is 5.32 Å². The molecule has 0 bridgehead atoms. The molecule has 0 radical (unpaired) electrons. The molecule has 0 heterocycles. The molecule has 0 unspecified atom stereocenters. The maximum atomic E-state index is 13.2. The van der Waals surface area contributed by atoms with E-state index in [0.29, 0.717) is 5.69 Å². The number of aryl methyl sites for hydroxylation is 2. The molecule has 2 N–H and O–H groups in total. The Labute approximate surface area is 216 Å². The Morgan fingerprint density at radius 3 is 1.72 bits per heavy atom. The van der Waals surface area contributed by atoms with Crippen LogP contribution in [0.25, 0.3) is 0 Å². The van der Waals surface area contributed by atoms with E-state index in [4.69, 9.17) is 32.7 Å². The van der Waals surface area contributed by atoms with E-state index in [1.54, 1.807) is 30.3 Å². The first-order valence-electron chi connectivity index (χ1n) is 10.6. The van der Waals surface area contributed by atoms with Gasteiger partial charge in [-0.1, -0.05) is 53.5 Å². The van der Waals surface area contributed by atoms with E-state index in [1.807, 2.05) is 13.8 Å². The fraction of sp³-hybridized carbons (Fsp3) is 0.154. The second kappa shape index (κ2) is 11.7. The molecule has 1 amide bonds. The number of carboxylic acid groups (broad SMARTS) is 1. The van der Waals surface area contributed by atoms with Gasteiger partial charge in [0.05, 0.1) is 21.2 Å². The molecule has 0 aliphatic heterocycles. The van der Waals surface area contributed by atoms with Gasteiger partial charge in [-0.05, 0) is 61.4 Å². The molecule has 0 saturated carbocycles. The summed E-state index contributed by atoms with van der Waals surface area (Å²) in [6.07, 6.45) is -4.27. The van der Waals surface area contributed by atoms with Gasteiger partial charge in [-0.2, -0.15) is 0 Å². The van der Waals surface area contributed by atoms with Crippen LogP contribution in [0.1, 0.15) is 31.8 Å². The van der Waals surface area contributed by atoms with Crippen molar-refractivity contribution < 1.29 is 33.8 Å². The van der Waals surface area contributed by atoms with Crippen molar-refractivity contribution in [3.63, 3.8) is 0 Å². The highest BCUT2D eigenvalue weighted by Gasteiger charge is 2.41. The molecule has 3 aromatic carbocycles. The van der Waals surface area contributed by atoms with Gasteiger partial charge in [0.25, 0.3) is 5.91 Å². The lowest BCUT2D eigenvalue weighted by molar-refractivity contribution is -0.157. The van der Waals surface area contributed by atoms with Crippen molar-refractivity contribution in [3.05, 3.63) is 99.0 Å². The van der Waals surface area contributed by atoms with E-state index in [-0.39, 0.29) is 21.2 Å². The highest BCUT2D eigenvalue weighted by atomic mass is 35.5. The molecule has 186 valence electrons. The minimum atomic E-state index is -2.20. The van der Waals surface area contributed by atoms with Crippen LogP contribution in [-0.4, -0.2) is 41.1 Å². The van der Waals surface area contributed by atoms with Crippen LogP contribution in [0.2, 0.25) is 10.0 Å². The summed E-state index contributed by atoms with van der Waals surface area (Å²) in [5.41, 5.74) is 1.91. The summed E-state index contributed by atoms with van der Waals surface area (Å²) >= 11 is 12.1. The molecule has 36 heavy (non-hydrogen) atoms. The SMILES string of the molecule is Cc1ccc(NC(=O)[C@@H](OC(=O)c2ccccc2Cl)[C@H](OC(=O)c2ccccc2Cl)C(=O)O)cc1C. The number of nitrogens with one attached hydrogen (secondary N) is 1. The van der Waals surface area contributed by atoms with Crippen LogP contribution in [0.15, 0.2) is 66.7 Å². The third-order valence-corrected chi connectivity index (χ3v) is 5.87. The van der Waals surface area contributed by atoms with Crippen molar-refractivity contribution >= 4 is 52.7 Å². The number of anilines is 1. The second-order valence-electron chi connectivity index (χ2n) is 7.74. The standard InChI is InChI=1S/C26H21Cl2NO7/c1-14-11-12-16(13-15(14)2)29-23(30)21(35-25(33)17-7-3-5-9-19(17)27)22(24(31)32)36-26(34)18-8-4-6-10-20(18)28/h3-13,21-22H,1-2H3,(H,29,30)(H,31,32)/t21-,22-/m0/s1. The summed E-state index contributed by atoms with van der Waals surface area (Å²) in [6.45, 7) is 3.70. The summed E-state index contributed by atoms with van der Waals surface area (Å²) in [7, 11) is 0. The average molecular weight is 530 g/mol. The number of aliphatic carboxylic acids is 1. The molecule has 0 spiro atoms. The zero-order valence-electron chi connectivity index (χ0n) is 19.2. The molecule has 0 fully saturated rings. The Balaban J connectivity index is 1.95. The molecule has 2 atom stereocenters. The second-order valence-corrected chi connectivity index (χ2v) is 8.55. The number of amides is 1. The number of hydrogen-bond donors (Lipinski definition) is 2. The van der Waals surface area contributed by atoms with Crippen LogP contribution >= 0.6 is 23.2 Å². The first-order chi connectivity index (χ1) is 17.1. The van der Waals surface area contributed by atoms with Crippen LogP contribution in [0.5, 0.6) is 0 Å². The summed E-state index contributed by atoms with van der Waals surface area (Å²) in [4.78, 5) is 50.8. The van der Waals surface area contributed by atoms with Crippen LogP contribution in [0.3, 0.4) is 0 Å². The van der Waals surface area contributed by atoms with Gasteiger partial charge >= 0.3 is 17.9 Å². The fourth-order valence-electron chi connectivity index (χ4n) is 3.14. The van der Waals surface area contributed by atoms with E-state index in [1.165, 1.54) is 36.4 Å². The van der Waals surface area contributed by atoms with Crippen molar-refractivity contribution in [2.45, 2.75) is 26.1 Å². The first kappa shape index (κ1) is 26.7. The average Bonchev–Trinajstić information content (AvgIpc) is 2.83. The van der Waals surface area contributed by atoms with Gasteiger partial charge in [0.1, 0.15) is 0 Å². The highest BCUT2D eigenvalue weighted by Crippen LogP contribution is 2.22.